The van der Waals surface area contributed by atoms with Crippen molar-refractivity contribution in [1.29, 1.82) is 0 Å². The molecule has 1 aromatic heterocycles. The van der Waals surface area contributed by atoms with Crippen LogP contribution in [0.3, 0.4) is 0 Å². The Morgan fingerprint density at radius 1 is 1.38 bits per heavy atom. The molecule has 21 heavy (non-hydrogen) atoms. The van der Waals surface area contributed by atoms with Gasteiger partial charge in [0.25, 0.3) is 0 Å². The van der Waals surface area contributed by atoms with Crippen LogP contribution in [0.2, 0.25) is 0 Å². The van der Waals surface area contributed by atoms with E-state index in [-0.39, 0.29) is 11.2 Å². The van der Waals surface area contributed by atoms with Crippen LogP contribution in [0.5, 0.6) is 0 Å². The lowest BCUT2D eigenvalue weighted by molar-refractivity contribution is -0.385. The van der Waals surface area contributed by atoms with Crippen molar-refractivity contribution in [2.24, 2.45) is 5.92 Å². The maximum atomic E-state index is 11.3. The Bertz CT molecular complexity index is 540. The molecule has 2 rings (SSSR count). The summed E-state index contributed by atoms with van der Waals surface area (Å²) in [6.45, 7) is 8.55. The van der Waals surface area contributed by atoms with E-state index in [1.807, 2.05) is 6.92 Å². The Labute approximate surface area is 124 Å². The molecule has 7 nitrogen and oxygen atoms in total. The van der Waals surface area contributed by atoms with E-state index >= 15 is 0 Å². The zero-order valence-electron chi connectivity index (χ0n) is 13.1. The highest BCUT2D eigenvalue weighted by atomic mass is 16.6. The van der Waals surface area contributed by atoms with Gasteiger partial charge in [-0.2, -0.15) is 4.98 Å². The lowest BCUT2D eigenvalue weighted by Crippen LogP contribution is -2.34. The molecule has 1 saturated carbocycles. The minimum Gasteiger partial charge on any atom is -0.359 e. The molecular weight excluding hydrogens is 270 g/mol. The predicted octanol–water partition coefficient (Wildman–Crippen LogP) is 3.12. The van der Waals surface area contributed by atoms with Crippen LogP contribution < -0.4 is 10.6 Å². The van der Waals surface area contributed by atoms with Crippen molar-refractivity contribution in [3.8, 4) is 0 Å². The topological polar surface area (TPSA) is 93.0 Å². The number of anilines is 2. The molecule has 2 N–H and O–H groups in total. The number of hydrogen-bond donors (Lipinski definition) is 2. The van der Waals surface area contributed by atoms with Crippen LogP contribution in [0.25, 0.3) is 0 Å². The highest BCUT2D eigenvalue weighted by Gasteiger charge is 2.39. The van der Waals surface area contributed by atoms with E-state index in [0.717, 1.165) is 25.8 Å². The van der Waals surface area contributed by atoms with Gasteiger partial charge in [0.1, 0.15) is 5.69 Å². The molecule has 0 spiro atoms. The number of hydrogen-bond acceptors (Lipinski definition) is 6. The molecule has 0 unspecified atom stereocenters. The number of nitrogens with one attached hydrogen (secondary N) is 2. The molecule has 116 valence electrons. The van der Waals surface area contributed by atoms with Gasteiger partial charge in [0.15, 0.2) is 0 Å². The fraction of sp³-hybridized carbons (Fsp3) is 0.714. The molecule has 0 atom stereocenters. The molecule has 0 bridgehead atoms. The average molecular weight is 293 g/mol. The Balaban J connectivity index is 2.34. The maximum absolute atomic E-state index is 11.3. The van der Waals surface area contributed by atoms with Crippen LogP contribution >= 0.6 is 0 Å². The van der Waals surface area contributed by atoms with Gasteiger partial charge >= 0.3 is 5.69 Å². The average Bonchev–Trinajstić information content (AvgIpc) is 3.19. The van der Waals surface area contributed by atoms with E-state index in [9.17, 15) is 10.1 Å². The SMILES string of the molecule is CCCNc1nc(C)c([N+](=O)[O-])c(NC(C)(C)C2CC2)n1. The minimum atomic E-state index is -0.412. The van der Waals surface area contributed by atoms with E-state index in [4.69, 9.17) is 0 Å². The minimum absolute atomic E-state index is 0.0363. The van der Waals surface area contributed by atoms with Crippen molar-refractivity contribution in [3.63, 3.8) is 0 Å². The second kappa shape index (κ2) is 5.83. The largest absolute Gasteiger partial charge is 0.359 e. The Morgan fingerprint density at radius 3 is 2.57 bits per heavy atom. The second-order valence-electron chi connectivity index (χ2n) is 6.13. The molecule has 0 radical (unpaired) electrons. The van der Waals surface area contributed by atoms with Gasteiger partial charge in [-0.05, 0) is 46.0 Å². The van der Waals surface area contributed by atoms with Crippen molar-refractivity contribution in [2.75, 3.05) is 17.2 Å². The Morgan fingerprint density at radius 2 is 2.05 bits per heavy atom. The smallest absolute Gasteiger partial charge is 0.332 e. The van der Waals surface area contributed by atoms with E-state index in [2.05, 4.69) is 34.4 Å². The van der Waals surface area contributed by atoms with E-state index in [1.54, 1.807) is 6.92 Å². The van der Waals surface area contributed by atoms with Crippen LogP contribution in [0, 0.1) is 23.0 Å². The van der Waals surface area contributed by atoms with Gasteiger partial charge in [0.2, 0.25) is 11.8 Å². The summed E-state index contributed by atoms with van der Waals surface area (Å²) in [6.07, 6.45) is 3.24. The summed E-state index contributed by atoms with van der Waals surface area (Å²) in [5.41, 5.74) is 0.140. The molecule has 1 heterocycles. The van der Waals surface area contributed by atoms with Crippen molar-refractivity contribution in [2.45, 2.75) is 52.5 Å². The van der Waals surface area contributed by atoms with Crippen molar-refractivity contribution in [1.82, 2.24) is 9.97 Å². The van der Waals surface area contributed by atoms with Gasteiger partial charge in [0.05, 0.1) is 4.92 Å². The first-order valence-electron chi connectivity index (χ1n) is 7.40. The summed E-state index contributed by atoms with van der Waals surface area (Å²) in [5.74, 6) is 1.29. The van der Waals surface area contributed by atoms with Crippen LogP contribution in [0.4, 0.5) is 17.5 Å². The molecule has 1 fully saturated rings. The van der Waals surface area contributed by atoms with Crippen LogP contribution in [0.15, 0.2) is 0 Å². The maximum Gasteiger partial charge on any atom is 0.332 e. The predicted molar refractivity (Wildman–Crippen MR) is 82.6 cm³/mol. The highest BCUT2D eigenvalue weighted by Crippen LogP contribution is 2.42. The van der Waals surface area contributed by atoms with Gasteiger partial charge < -0.3 is 10.6 Å². The molecular formula is C14H23N5O2. The number of nitrogens with zero attached hydrogens (tertiary/aromatic N) is 3. The molecule has 0 amide bonds. The van der Waals surface area contributed by atoms with Gasteiger partial charge in [-0.3, -0.25) is 10.1 Å². The number of aromatic nitrogens is 2. The van der Waals surface area contributed by atoms with Gasteiger partial charge in [-0.1, -0.05) is 6.92 Å². The van der Waals surface area contributed by atoms with E-state index in [0.29, 0.717) is 23.4 Å². The molecule has 0 saturated heterocycles. The standard InChI is InChI=1S/C14H23N5O2/c1-5-8-15-13-16-9(2)11(19(20)21)12(17-13)18-14(3,4)10-6-7-10/h10H,5-8H2,1-4H3,(H2,15,16,17,18). The number of nitro groups is 1. The number of aryl methyl sites for hydroxylation is 1. The fourth-order valence-electron chi connectivity index (χ4n) is 2.40. The summed E-state index contributed by atoms with van der Waals surface area (Å²) < 4.78 is 0. The third-order valence-electron chi connectivity index (χ3n) is 3.81. The molecule has 0 aliphatic heterocycles. The molecule has 1 aromatic rings. The summed E-state index contributed by atoms with van der Waals surface area (Å²) in [4.78, 5) is 19.4. The summed E-state index contributed by atoms with van der Waals surface area (Å²) in [5, 5.41) is 17.6. The first-order valence-corrected chi connectivity index (χ1v) is 7.40. The highest BCUT2D eigenvalue weighted by molar-refractivity contribution is 5.62. The summed E-state index contributed by atoms with van der Waals surface area (Å²) in [7, 11) is 0. The van der Waals surface area contributed by atoms with Crippen molar-refractivity contribution in [3.05, 3.63) is 15.8 Å². The van der Waals surface area contributed by atoms with Gasteiger partial charge in [0, 0.05) is 12.1 Å². The van der Waals surface area contributed by atoms with E-state index in [1.165, 1.54) is 0 Å². The lowest BCUT2D eigenvalue weighted by atomic mass is 9.99. The zero-order valence-corrected chi connectivity index (χ0v) is 13.1. The van der Waals surface area contributed by atoms with Crippen LogP contribution in [-0.2, 0) is 0 Å². The molecule has 7 heteroatoms. The Hall–Kier alpha value is -1.92. The fourth-order valence-corrected chi connectivity index (χ4v) is 2.40. The third kappa shape index (κ3) is 3.59. The molecule has 0 aromatic carbocycles. The van der Waals surface area contributed by atoms with E-state index < -0.39 is 4.92 Å². The van der Waals surface area contributed by atoms with Crippen molar-refractivity contribution < 1.29 is 4.92 Å². The van der Waals surface area contributed by atoms with Gasteiger partial charge in [-0.15, -0.1) is 0 Å². The van der Waals surface area contributed by atoms with Crippen LogP contribution in [0.1, 0.15) is 45.7 Å². The van der Waals surface area contributed by atoms with Crippen LogP contribution in [-0.4, -0.2) is 27.0 Å². The van der Waals surface area contributed by atoms with Gasteiger partial charge in [-0.25, -0.2) is 4.98 Å². The summed E-state index contributed by atoms with van der Waals surface area (Å²) >= 11 is 0. The van der Waals surface area contributed by atoms with Crippen molar-refractivity contribution >= 4 is 17.5 Å². The first-order chi connectivity index (χ1) is 9.85. The third-order valence-corrected chi connectivity index (χ3v) is 3.81. The monoisotopic (exact) mass is 293 g/mol. The first kappa shape index (κ1) is 15.5. The summed E-state index contributed by atoms with van der Waals surface area (Å²) in [6, 6.07) is 0. The quantitative estimate of drug-likeness (QED) is 0.592. The second-order valence-corrected chi connectivity index (χ2v) is 6.13. The molecule has 1 aliphatic rings. The Kier molecular flexibility index (Phi) is 4.29. The lowest BCUT2D eigenvalue weighted by Gasteiger charge is -2.26. The number of rotatable bonds is 7. The zero-order chi connectivity index (χ0) is 15.6. The molecule has 1 aliphatic carbocycles. The normalized spacial score (nSPS) is 14.9.